The van der Waals surface area contributed by atoms with Crippen molar-refractivity contribution in [3.05, 3.63) is 48.2 Å². The number of fused-ring (bicyclic) bond motifs is 1. The van der Waals surface area contributed by atoms with Crippen molar-refractivity contribution in [2.45, 2.75) is 31.4 Å². The molecule has 1 aromatic carbocycles. The Morgan fingerprint density at radius 3 is 2.86 bits per heavy atom. The van der Waals surface area contributed by atoms with Crippen molar-refractivity contribution in [1.82, 2.24) is 15.0 Å². The van der Waals surface area contributed by atoms with Gasteiger partial charge >= 0.3 is 0 Å². The Hall–Kier alpha value is -2.93. The zero-order valence-corrected chi connectivity index (χ0v) is 15.6. The van der Waals surface area contributed by atoms with Gasteiger partial charge in [-0.15, -0.1) is 0 Å². The third-order valence-corrected chi connectivity index (χ3v) is 5.61. The summed E-state index contributed by atoms with van der Waals surface area (Å²) >= 11 is 0. The van der Waals surface area contributed by atoms with E-state index in [1.807, 2.05) is 30.5 Å². The second-order valence-electron chi connectivity index (χ2n) is 7.81. The van der Waals surface area contributed by atoms with Crippen LogP contribution in [0.3, 0.4) is 0 Å². The number of nitrogens with two attached hydrogens (primary N) is 1. The predicted octanol–water partition coefficient (Wildman–Crippen LogP) is 2.22. The third-order valence-electron chi connectivity index (χ3n) is 5.61. The normalized spacial score (nSPS) is 22.0. The fourth-order valence-electron chi connectivity index (χ4n) is 3.98. The van der Waals surface area contributed by atoms with Crippen LogP contribution in [0.1, 0.15) is 18.4 Å². The Morgan fingerprint density at radius 1 is 1.14 bits per heavy atom. The average Bonchev–Trinajstić information content (AvgIpc) is 3.43. The number of nitrogens with one attached hydrogen (secondary N) is 1. The summed E-state index contributed by atoms with van der Waals surface area (Å²) in [4.78, 5) is 15.2. The van der Waals surface area contributed by atoms with E-state index < -0.39 is 6.10 Å². The molecule has 0 bridgehead atoms. The molecule has 3 heterocycles. The lowest BCUT2D eigenvalue weighted by molar-refractivity contribution is 0.148. The Bertz CT molecular complexity index is 1000. The molecule has 5 rings (SSSR count). The molecule has 1 aliphatic carbocycles. The van der Waals surface area contributed by atoms with Gasteiger partial charge in [-0.2, -0.15) is 9.97 Å². The van der Waals surface area contributed by atoms with E-state index in [1.165, 1.54) is 18.4 Å². The summed E-state index contributed by atoms with van der Waals surface area (Å²) in [5.41, 5.74) is 8.13. The number of aliphatic hydroxyl groups is 1. The summed E-state index contributed by atoms with van der Waals surface area (Å²) in [5, 5.41) is 15.2. The minimum absolute atomic E-state index is 0.127. The molecule has 0 amide bonds. The Labute approximate surface area is 163 Å². The van der Waals surface area contributed by atoms with E-state index in [4.69, 9.17) is 5.73 Å². The van der Waals surface area contributed by atoms with Gasteiger partial charge in [0, 0.05) is 42.7 Å². The molecule has 3 aromatic rings. The first-order valence-electron chi connectivity index (χ1n) is 9.82. The number of aromatic nitrogens is 3. The smallest absolute Gasteiger partial charge is 0.223 e. The second kappa shape index (κ2) is 6.91. The number of rotatable bonds is 5. The molecule has 2 aliphatic rings. The van der Waals surface area contributed by atoms with Crippen LogP contribution in [0.4, 0.5) is 17.6 Å². The van der Waals surface area contributed by atoms with Gasteiger partial charge in [-0.3, -0.25) is 4.98 Å². The van der Waals surface area contributed by atoms with Crippen LogP contribution in [0.5, 0.6) is 0 Å². The van der Waals surface area contributed by atoms with Crippen LogP contribution >= 0.6 is 0 Å². The molecule has 1 aliphatic heterocycles. The highest BCUT2D eigenvalue weighted by Crippen LogP contribution is 2.30. The zero-order valence-electron chi connectivity index (χ0n) is 15.6. The van der Waals surface area contributed by atoms with Crippen LogP contribution in [-0.2, 0) is 6.42 Å². The van der Waals surface area contributed by atoms with Gasteiger partial charge in [0.2, 0.25) is 5.95 Å². The van der Waals surface area contributed by atoms with E-state index in [-0.39, 0.29) is 11.9 Å². The monoisotopic (exact) mass is 376 g/mol. The number of hydrogen-bond donors (Lipinski definition) is 3. The maximum Gasteiger partial charge on any atom is 0.223 e. The number of anilines is 3. The maximum absolute atomic E-state index is 10.7. The summed E-state index contributed by atoms with van der Waals surface area (Å²) in [6.45, 7) is 1.28. The minimum atomic E-state index is -0.414. The molecular weight excluding hydrogens is 352 g/mol. The fourth-order valence-corrected chi connectivity index (χ4v) is 3.98. The van der Waals surface area contributed by atoms with Gasteiger partial charge in [-0.1, -0.05) is 18.2 Å². The SMILES string of the molecule is Nc1nc(NC2CC2)cc(N2C[C@@H](Cc3ccnc4ccccc34)[C@@H](O)C2)n1. The van der Waals surface area contributed by atoms with Crippen molar-refractivity contribution >= 4 is 28.5 Å². The highest BCUT2D eigenvalue weighted by Gasteiger charge is 2.33. The van der Waals surface area contributed by atoms with Gasteiger partial charge in [-0.25, -0.2) is 0 Å². The van der Waals surface area contributed by atoms with E-state index >= 15 is 0 Å². The van der Waals surface area contributed by atoms with E-state index in [1.54, 1.807) is 0 Å². The molecular formula is C21H24N6O. The lowest BCUT2D eigenvalue weighted by Gasteiger charge is -2.18. The van der Waals surface area contributed by atoms with Gasteiger partial charge in [0.25, 0.3) is 0 Å². The quantitative estimate of drug-likeness (QED) is 0.628. The van der Waals surface area contributed by atoms with Gasteiger partial charge in [-0.05, 0) is 37.0 Å². The summed E-state index contributed by atoms with van der Waals surface area (Å²) in [5.74, 6) is 1.93. The molecule has 2 fully saturated rings. The largest absolute Gasteiger partial charge is 0.391 e. The summed E-state index contributed by atoms with van der Waals surface area (Å²) in [6.07, 6.45) is 4.57. The first-order valence-corrected chi connectivity index (χ1v) is 9.82. The van der Waals surface area contributed by atoms with Crippen molar-refractivity contribution in [1.29, 1.82) is 0 Å². The molecule has 0 radical (unpaired) electrons. The molecule has 7 heteroatoms. The van der Waals surface area contributed by atoms with Crippen LogP contribution in [0.2, 0.25) is 0 Å². The molecule has 0 unspecified atom stereocenters. The van der Waals surface area contributed by atoms with Crippen molar-refractivity contribution in [2.24, 2.45) is 5.92 Å². The summed E-state index contributed by atoms with van der Waals surface area (Å²) in [7, 11) is 0. The molecule has 1 saturated heterocycles. The molecule has 2 aromatic heterocycles. The number of β-amino-alcohol motifs (C(OH)–C–C–N with tert-alkyl or cyclic N) is 1. The molecule has 28 heavy (non-hydrogen) atoms. The number of pyridine rings is 1. The summed E-state index contributed by atoms with van der Waals surface area (Å²) < 4.78 is 0. The number of hydrogen-bond acceptors (Lipinski definition) is 7. The third kappa shape index (κ3) is 3.45. The van der Waals surface area contributed by atoms with Crippen LogP contribution < -0.4 is 16.0 Å². The molecule has 2 atom stereocenters. The molecule has 144 valence electrons. The van der Waals surface area contributed by atoms with Crippen LogP contribution in [0.15, 0.2) is 42.6 Å². The summed E-state index contributed by atoms with van der Waals surface area (Å²) in [6, 6.07) is 12.6. The van der Waals surface area contributed by atoms with E-state index in [0.717, 1.165) is 35.5 Å². The zero-order chi connectivity index (χ0) is 19.1. The number of benzene rings is 1. The number of nitrogens with zero attached hydrogens (tertiary/aromatic N) is 4. The van der Waals surface area contributed by atoms with Crippen LogP contribution in [-0.4, -0.2) is 45.3 Å². The van der Waals surface area contributed by atoms with Crippen molar-refractivity contribution in [3.63, 3.8) is 0 Å². The van der Waals surface area contributed by atoms with Gasteiger partial charge in [0.1, 0.15) is 11.6 Å². The average molecular weight is 376 g/mol. The van der Waals surface area contributed by atoms with Gasteiger partial charge in [0.05, 0.1) is 11.6 Å². The molecule has 4 N–H and O–H groups in total. The predicted molar refractivity (Wildman–Crippen MR) is 110 cm³/mol. The highest BCUT2D eigenvalue weighted by atomic mass is 16.3. The van der Waals surface area contributed by atoms with Crippen LogP contribution in [0.25, 0.3) is 10.9 Å². The first-order chi connectivity index (χ1) is 13.7. The van der Waals surface area contributed by atoms with Crippen molar-refractivity contribution in [2.75, 3.05) is 29.0 Å². The van der Waals surface area contributed by atoms with Gasteiger partial charge < -0.3 is 21.1 Å². The number of nitrogen functional groups attached to an aromatic ring is 1. The highest BCUT2D eigenvalue weighted by molar-refractivity contribution is 5.81. The molecule has 0 spiro atoms. The number of para-hydroxylation sites is 1. The Balaban J connectivity index is 1.35. The number of aliphatic hydroxyl groups excluding tert-OH is 1. The van der Waals surface area contributed by atoms with Gasteiger partial charge in [0.15, 0.2) is 0 Å². The van der Waals surface area contributed by atoms with E-state index in [9.17, 15) is 5.11 Å². The Kier molecular flexibility index (Phi) is 4.24. The molecule has 1 saturated carbocycles. The topological polar surface area (TPSA) is 100 Å². The standard InChI is InChI=1S/C21H24N6O/c22-21-25-19(24-15-5-6-15)10-20(26-21)27-11-14(18(28)12-27)9-13-7-8-23-17-4-2-1-3-16(13)17/h1-4,7-8,10,14-15,18,28H,5-6,9,11-12H2,(H3,22,24,25,26)/t14-,18+/m1/s1. The van der Waals surface area contributed by atoms with E-state index in [0.29, 0.717) is 12.6 Å². The first kappa shape index (κ1) is 17.2. The van der Waals surface area contributed by atoms with Crippen molar-refractivity contribution < 1.29 is 5.11 Å². The van der Waals surface area contributed by atoms with Crippen molar-refractivity contribution in [3.8, 4) is 0 Å². The fraction of sp³-hybridized carbons (Fsp3) is 0.381. The lowest BCUT2D eigenvalue weighted by atomic mass is 9.94. The maximum atomic E-state index is 10.7. The second-order valence-corrected chi connectivity index (χ2v) is 7.81. The molecule has 7 nitrogen and oxygen atoms in total. The Morgan fingerprint density at radius 2 is 2.00 bits per heavy atom. The lowest BCUT2D eigenvalue weighted by Crippen LogP contribution is -2.23. The van der Waals surface area contributed by atoms with E-state index in [2.05, 4.69) is 37.3 Å². The van der Waals surface area contributed by atoms with Crippen LogP contribution in [0, 0.1) is 5.92 Å². The minimum Gasteiger partial charge on any atom is -0.391 e.